The fraction of sp³-hybridized carbons (Fsp3) is 0.346. The van der Waals surface area contributed by atoms with Crippen molar-refractivity contribution in [2.45, 2.75) is 33.1 Å². The molecule has 1 saturated heterocycles. The lowest BCUT2D eigenvalue weighted by Crippen LogP contribution is -2.44. The highest BCUT2D eigenvalue weighted by Crippen LogP contribution is 2.31. The molecule has 3 N–H and O–H groups in total. The van der Waals surface area contributed by atoms with Gasteiger partial charge in [0.15, 0.2) is 0 Å². The summed E-state index contributed by atoms with van der Waals surface area (Å²) in [4.78, 5) is 21.6. The van der Waals surface area contributed by atoms with Crippen LogP contribution in [0.2, 0.25) is 0 Å². The number of benzene rings is 1. The Morgan fingerprint density at radius 3 is 2.88 bits per heavy atom. The second-order valence-electron chi connectivity index (χ2n) is 8.48. The summed E-state index contributed by atoms with van der Waals surface area (Å²) in [6.07, 6.45) is 12.3. The molecule has 1 aliphatic rings. The van der Waals surface area contributed by atoms with Gasteiger partial charge >= 0.3 is 6.03 Å². The second kappa shape index (κ2) is 10.2. The molecule has 3 aromatic rings. The second-order valence-corrected chi connectivity index (χ2v) is 8.48. The molecule has 1 aromatic carbocycles. The van der Waals surface area contributed by atoms with Crippen LogP contribution in [0.5, 0.6) is 0 Å². The van der Waals surface area contributed by atoms with Crippen molar-refractivity contribution in [1.29, 1.82) is 5.26 Å². The number of rotatable bonds is 6. The van der Waals surface area contributed by atoms with Gasteiger partial charge in [-0.1, -0.05) is 19.1 Å². The number of allylic oxidation sites excluding steroid dienone is 1. The minimum absolute atomic E-state index is 0.0337. The van der Waals surface area contributed by atoms with Crippen LogP contribution in [0.25, 0.3) is 17.0 Å². The Morgan fingerprint density at radius 2 is 2.12 bits per heavy atom. The van der Waals surface area contributed by atoms with Crippen molar-refractivity contribution in [3.05, 3.63) is 59.6 Å². The van der Waals surface area contributed by atoms with Crippen LogP contribution in [-0.4, -0.2) is 40.5 Å². The fourth-order valence-electron chi connectivity index (χ4n) is 4.26. The summed E-state index contributed by atoms with van der Waals surface area (Å²) in [7, 11) is 0. The monoisotopic (exact) mass is 442 g/mol. The number of piperidine rings is 1. The summed E-state index contributed by atoms with van der Waals surface area (Å²) in [5.74, 6) is 0.386. The van der Waals surface area contributed by atoms with E-state index >= 15 is 0 Å². The standard InChI is InChI=1S/C26H30N6O/c1-3-11-30-26(33)32-13-9-19(10-14-32)4-5-20-16-28-17-21(15-27)25(20)31-23-6-7-24-22(18(23)2)8-12-29-24/h4-8,12,16-17,19,29H,3,9-11,13-14H2,1-2H3,(H,28,31)(H,30,33)/b5-4+. The molecule has 7 heteroatoms. The van der Waals surface area contributed by atoms with Crippen molar-refractivity contribution < 1.29 is 4.79 Å². The predicted octanol–water partition coefficient (Wildman–Crippen LogP) is 5.33. The number of urea groups is 1. The molecule has 0 bridgehead atoms. The Labute approximate surface area is 194 Å². The Bertz CT molecular complexity index is 1200. The van der Waals surface area contributed by atoms with Crippen molar-refractivity contribution in [2.75, 3.05) is 25.0 Å². The van der Waals surface area contributed by atoms with Crippen LogP contribution in [0, 0.1) is 24.2 Å². The molecule has 0 saturated carbocycles. The number of hydrogen-bond donors (Lipinski definition) is 3. The summed E-state index contributed by atoms with van der Waals surface area (Å²) in [6.45, 7) is 6.35. The number of H-pyrrole nitrogens is 1. The molecule has 2 amide bonds. The molecule has 0 spiro atoms. The SMILES string of the molecule is CCCNC(=O)N1CCC(/C=C/c2cncc(C#N)c2Nc2ccc3[nH]ccc3c2C)CC1. The summed E-state index contributed by atoms with van der Waals surface area (Å²) < 4.78 is 0. The topological polar surface area (TPSA) is 96.8 Å². The number of anilines is 2. The minimum Gasteiger partial charge on any atom is -0.361 e. The molecule has 7 nitrogen and oxygen atoms in total. The zero-order chi connectivity index (χ0) is 23.2. The van der Waals surface area contributed by atoms with Gasteiger partial charge in [0.2, 0.25) is 0 Å². The number of amides is 2. The molecule has 1 aliphatic heterocycles. The Hall–Kier alpha value is -3.79. The van der Waals surface area contributed by atoms with E-state index in [1.165, 1.54) is 0 Å². The average molecular weight is 443 g/mol. The Balaban J connectivity index is 1.50. The summed E-state index contributed by atoms with van der Waals surface area (Å²) in [5.41, 5.74) is 5.32. The Morgan fingerprint density at radius 1 is 1.30 bits per heavy atom. The van der Waals surface area contributed by atoms with Crippen LogP contribution in [0.4, 0.5) is 16.2 Å². The summed E-state index contributed by atoms with van der Waals surface area (Å²) >= 11 is 0. The third-order valence-corrected chi connectivity index (χ3v) is 6.26. The van der Waals surface area contributed by atoms with E-state index < -0.39 is 0 Å². The number of carbonyl (C=O) groups excluding carboxylic acids is 1. The van der Waals surface area contributed by atoms with Gasteiger partial charge in [-0.05, 0) is 55.9 Å². The lowest BCUT2D eigenvalue weighted by Gasteiger charge is -2.30. The maximum atomic E-state index is 12.2. The molecule has 4 rings (SSSR count). The molecule has 1 fully saturated rings. The van der Waals surface area contributed by atoms with Crippen molar-refractivity contribution in [3.8, 4) is 6.07 Å². The summed E-state index contributed by atoms with van der Waals surface area (Å²) in [5, 5.41) is 17.3. The number of nitriles is 1. The Kier molecular flexibility index (Phi) is 6.94. The van der Waals surface area contributed by atoms with Gasteiger partial charge in [-0.15, -0.1) is 0 Å². The first-order valence-electron chi connectivity index (χ1n) is 11.5. The first kappa shape index (κ1) is 22.4. The van der Waals surface area contributed by atoms with Gasteiger partial charge in [-0.25, -0.2) is 4.79 Å². The molecule has 0 aliphatic carbocycles. The minimum atomic E-state index is 0.0337. The zero-order valence-electron chi connectivity index (χ0n) is 19.2. The molecule has 170 valence electrons. The predicted molar refractivity (Wildman–Crippen MR) is 132 cm³/mol. The van der Waals surface area contributed by atoms with E-state index in [1.54, 1.807) is 12.4 Å². The maximum Gasteiger partial charge on any atom is 0.317 e. The molecule has 0 atom stereocenters. The van der Waals surface area contributed by atoms with E-state index in [4.69, 9.17) is 0 Å². The molecule has 2 aromatic heterocycles. The number of aromatic nitrogens is 2. The number of likely N-dealkylation sites (tertiary alicyclic amines) is 1. The smallest absolute Gasteiger partial charge is 0.317 e. The van der Waals surface area contributed by atoms with Crippen molar-refractivity contribution >= 4 is 34.4 Å². The highest BCUT2D eigenvalue weighted by Gasteiger charge is 2.21. The lowest BCUT2D eigenvalue weighted by molar-refractivity contribution is 0.178. The average Bonchev–Trinajstić information content (AvgIpc) is 3.33. The molecular weight excluding hydrogens is 412 g/mol. The van der Waals surface area contributed by atoms with Gasteiger partial charge in [0.25, 0.3) is 0 Å². The number of fused-ring (bicyclic) bond motifs is 1. The number of hydrogen-bond acceptors (Lipinski definition) is 4. The van der Waals surface area contributed by atoms with Gasteiger partial charge < -0.3 is 20.5 Å². The zero-order valence-corrected chi connectivity index (χ0v) is 19.2. The maximum absolute atomic E-state index is 12.2. The van der Waals surface area contributed by atoms with E-state index in [0.717, 1.165) is 65.8 Å². The highest BCUT2D eigenvalue weighted by molar-refractivity contribution is 5.89. The van der Waals surface area contributed by atoms with Gasteiger partial charge in [0.05, 0.1) is 11.3 Å². The van der Waals surface area contributed by atoms with Crippen LogP contribution >= 0.6 is 0 Å². The van der Waals surface area contributed by atoms with Gasteiger partial charge in [-0.3, -0.25) is 4.98 Å². The number of pyridine rings is 1. The molecule has 3 heterocycles. The number of carbonyl (C=O) groups is 1. The van der Waals surface area contributed by atoms with Crippen molar-refractivity contribution in [3.63, 3.8) is 0 Å². The normalized spacial score (nSPS) is 14.5. The third-order valence-electron chi connectivity index (χ3n) is 6.26. The lowest BCUT2D eigenvalue weighted by atomic mass is 9.95. The fourth-order valence-corrected chi connectivity index (χ4v) is 4.26. The van der Waals surface area contributed by atoms with Crippen LogP contribution in [-0.2, 0) is 0 Å². The largest absolute Gasteiger partial charge is 0.361 e. The molecular formula is C26H30N6O. The van der Waals surface area contributed by atoms with Gasteiger partial charge in [-0.2, -0.15) is 5.26 Å². The van der Waals surface area contributed by atoms with E-state index in [-0.39, 0.29) is 6.03 Å². The molecule has 33 heavy (non-hydrogen) atoms. The number of nitrogens with one attached hydrogen (secondary N) is 3. The van der Waals surface area contributed by atoms with E-state index in [1.807, 2.05) is 23.2 Å². The van der Waals surface area contributed by atoms with Crippen molar-refractivity contribution in [1.82, 2.24) is 20.2 Å². The summed E-state index contributed by atoms with van der Waals surface area (Å²) in [6, 6.07) is 8.43. The van der Waals surface area contributed by atoms with E-state index in [9.17, 15) is 10.1 Å². The van der Waals surface area contributed by atoms with E-state index in [0.29, 0.717) is 18.0 Å². The molecule has 0 unspecified atom stereocenters. The number of nitrogens with zero attached hydrogens (tertiary/aromatic N) is 3. The van der Waals surface area contributed by atoms with Gasteiger partial charge in [0.1, 0.15) is 6.07 Å². The van der Waals surface area contributed by atoms with Crippen molar-refractivity contribution in [2.24, 2.45) is 5.92 Å². The van der Waals surface area contributed by atoms with Crippen LogP contribution in [0.3, 0.4) is 0 Å². The van der Waals surface area contributed by atoms with E-state index in [2.05, 4.69) is 58.7 Å². The van der Waals surface area contributed by atoms with Crippen LogP contribution in [0.1, 0.15) is 42.9 Å². The first-order chi connectivity index (χ1) is 16.1. The van der Waals surface area contributed by atoms with Crippen LogP contribution < -0.4 is 10.6 Å². The van der Waals surface area contributed by atoms with Crippen LogP contribution in [0.15, 0.2) is 42.9 Å². The quantitative estimate of drug-likeness (QED) is 0.481. The number of aromatic amines is 1. The molecule has 0 radical (unpaired) electrons. The number of aryl methyl sites for hydroxylation is 1. The highest BCUT2D eigenvalue weighted by atomic mass is 16.2. The first-order valence-corrected chi connectivity index (χ1v) is 11.5. The third kappa shape index (κ3) is 5.01. The van der Waals surface area contributed by atoms with Gasteiger partial charge in [0, 0.05) is 60.4 Å².